The Labute approximate surface area is 144 Å². The summed E-state index contributed by atoms with van der Waals surface area (Å²) >= 11 is 0. The molecule has 0 bridgehead atoms. The van der Waals surface area contributed by atoms with E-state index in [1.807, 2.05) is 36.2 Å². The van der Waals surface area contributed by atoms with Gasteiger partial charge in [-0.1, -0.05) is 31.4 Å². The summed E-state index contributed by atoms with van der Waals surface area (Å²) in [7, 11) is 1.98. The summed E-state index contributed by atoms with van der Waals surface area (Å²) in [4.78, 5) is 6.63. The zero-order valence-corrected chi connectivity index (χ0v) is 14.3. The van der Waals surface area contributed by atoms with Gasteiger partial charge in [0.25, 0.3) is 0 Å². The molecule has 4 nitrogen and oxygen atoms in total. The van der Waals surface area contributed by atoms with E-state index >= 15 is 0 Å². The Morgan fingerprint density at radius 3 is 2.54 bits per heavy atom. The van der Waals surface area contributed by atoms with Gasteiger partial charge in [-0.2, -0.15) is 5.26 Å². The van der Waals surface area contributed by atoms with Crippen molar-refractivity contribution in [3.05, 3.63) is 72.0 Å². The maximum absolute atomic E-state index is 9.38. The lowest BCUT2D eigenvalue weighted by Gasteiger charge is -2.44. The summed E-state index contributed by atoms with van der Waals surface area (Å²) in [5.41, 5.74) is 2.69. The monoisotopic (exact) mass is 320 g/mol. The molecule has 0 aromatic heterocycles. The second kappa shape index (κ2) is 6.84. The van der Waals surface area contributed by atoms with Crippen LogP contribution in [-0.2, 0) is 6.54 Å². The molecule has 2 aliphatic rings. The van der Waals surface area contributed by atoms with Crippen molar-refractivity contribution in [3.8, 4) is 6.07 Å². The Kier molecular flexibility index (Phi) is 4.61. The van der Waals surface area contributed by atoms with Crippen molar-refractivity contribution in [2.75, 3.05) is 20.1 Å². The number of rotatable bonds is 3. The van der Waals surface area contributed by atoms with Crippen LogP contribution in [0.15, 0.2) is 60.8 Å². The van der Waals surface area contributed by atoms with Crippen molar-refractivity contribution in [2.24, 2.45) is 0 Å². The van der Waals surface area contributed by atoms with E-state index < -0.39 is 0 Å². The minimum absolute atomic E-state index is 0.641. The van der Waals surface area contributed by atoms with Crippen LogP contribution >= 0.6 is 0 Å². The zero-order valence-electron chi connectivity index (χ0n) is 14.3. The number of likely N-dealkylation sites (tertiary alicyclic amines) is 1. The summed E-state index contributed by atoms with van der Waals surface area (Å²) in [6, 6.07) is 10.1. The van der Waals surface area contributed by atoms with Gasteiger partial charge < -0.3 is 14.7 Å². The van der Waals surface area contributed by atoms with E-state index in [-0.39, 0.29) is 0 Å². The first-order valence-electron chi connectivity index (χ1n) is 8.45. The fourth-order valence-electron chi connectivity index (χ4n) is 3.30. The highest BCUT2D eigenvalue weighted by Gasteiger charge is 2.28. The summed E-state index contributed by atoms with van der Waals surface area (Å²) in [5, 5.41) is 9.38. The molecule has 1 saturated heterocycles. The molecular formula is C20H24N4. The zero-order chi connectivity index (χ0) is 17.1. The highest BCUT2D eigenvalue weighted by Crippen LogP contribution is 2.31. The first kappa shape index (κ1) is 16.2. The number of allylic oxidation sites excluding steroid dienone is 1. The van der Waals surface area contributed by atoms with Crippen LogP contribution in [-0.4, -0.2) is 34.8 Å². The van der Waals surface area contributed by atoms with Gasteiger partial charge in [-0.3, -0.25) is 0 Å². The van der Waals surface area contributed by atoms with Crippen molar-refractivity contribution >= 4 is 0 Å². The van der Waals surface area contributed by atoms with E-state index in [9.17, 15) is 5.26 Å². The molecule has 1 aromatic carbocycles. The van der Waals surface area contributed by atoms with Crippen LogP contribution in [0.5, 0.6) is 0 Å². The molecule has 0 atom stereocenters. The highest BCUT2D eigenvalue weighted by molar-refractivity contribution is 5.39. The lowest BCUT2D eigenvalue weighted by Crippen LogP contribution is -2.43. The quantitative estimate of drug-likeness (QED) is 0.852. The number of nitriles is 1. The third-order valence-corrected chi connectivity index (χ3v) is 4.85. The van der Waals surface area contributed by atoms with Gasteiger partial charge in [0.15, 0.2) is 0 Å². The van der Waals surface area contributed by atoms with Crippen LogP contribution in [0.4, 0.5) is 0 Å². The van der Waals surface area contributed by atoms with Gasteiger partial charge in [0.05, 0.1) is 18.2 Å². The summed E-state index contributed by atoms with van der Waals surface area (Å²) in [6.45, 7) is 11.2. The van der Waals surface area contributed by atoms with Gasteiger partial charge in [0, 0.05) is 31.9 Å². The Bertz CT molecular complexity index is 719. The SMILES string of the molecule is C=C1C=C(N2CCCCC2)N(Cc2ccccc2C#N)C(=C)N1C. The van der Waals surface area contributed by atoms with E-state index in [1.54, 1.807) is 0 Å². The van der Waals surface area contributed by atoms with Crippen LogP contribution in [0.2, 0.25) is 0 Å². The largest absolute Gasteiger partial charge is 0.358 e. The number of nitrogens with zero attached hydrogens (tertiary/aromatic N) is 4. The molecule has 1 aromatic rings. The smallest absolute Gasteiger partial charge is 0.112 e. The molecule has 0 radical (unpaired) electrons. The van der Waals surface area contributed by atoms with Crippen LogP contribution < -0.4 is 0 Å². The Morgan fingerprint density at radius 1 is 1.12 bits per heavy atom. The first-order chi connectivity index (χ1) is 11.6. The van der Waals surface area contributed by atoms with Gasteiger partial charge in [0.1, 0.15) is 11.6 Å². The molecule has 3 rings (SSSR count). The van der Waals surface area contributed by atoms with Crippen molar-refractivity contribution in [1.82, 2.24) is 14.7 Å². The van der Waals surface area contributed by atoms with E-state index in [0.717, 1.165) is 41.6 Å². The maximum atomic E-state index is 9.38. The van der Waals surface area contributed by atoms with Gasteiger partial charge in [-0.15, -0.1) is 0 Å². The third kappa shape index (κ3) is 3.03. The molecule has 2 aliphatic heterocycles. The standard InChI is InChI=1S/C20H24N4/c1-16-13-20(23-11-7-4-8-12-23)24(17(2)22(16)3)15-19-10-6-5-9-18(19)14-21/h5-6,9-10,13H,1-2,4,7-8,11-12,15H2,3H3. The number of piperidine rings is 1. The maximum Gasteiger partial charge on any atom is 0.112 e. The molecule has 0 N–H and O–H groups in total. The summed E-state index contributed by atoms with van der Waals surface area (Å²) in [6.07, 6.45) is 5.86. The second-order valence-corrected chi connectivity index (χ2v) is 6.37. The van der Waals surface area contributed by atoms with E-state index in [1.165, 1.54) is 19.3 Å². The molecule has 0 amide bonds. The second-order valence-electron chi connectivity index (χ2n) is 6.37. The van der Waals surface area contributed by atoms with Crippen molar-refractivity contribution in [2.45, 2.75) is 25.8 Å². The average Bonchev–Trinajstić information content (AvgIpc) is 2.63. The minimum atomic E-state index is 0.641. The van der Waals surface area contributed by atoms with Crippen molar-refractivity contribution in [1.29, 1.82) is 5.26 Å². The molecule has 0 spiro atoms. The number of hydrogen-bond donors (Lipinski definition) is 0. The van der Waals surface area contributed by atoms with Crippen LogP contribution in [0.3, 0.4) is 0 Å². The van der Waals surface area contributed by atoms with Crippen molar-refractivity contribution in [3.63, 3.8) is 0 Å². The van der Waals surface area contributed by atoms with Gasteiger partial charge >= 0.3 is 0 Å². The molecule has 4 heteroatoms. The molecular weight excluding hydrogens is 296 g/mol. The molecule has 1 fully saturated rings. The third-order valence-electron chi connectivity index (χ3n) is 4.85. The molecule has 24 heavy (non-hydrogen) atoms. The van der Waals surface area contributed by atoms with E-state index in [2.05, 4.69) is 35.1 Å². The number of benzene rings is 1. The molecule has 0 unspecified atom stereocenters. The average molecular weight is 320 g/mol. The Balaban J connectivity index is 1.95. The predicted octanol–water partition coefficient (Wildman–Crippen LogP) is 3.62. The van der Waals surface area contributed by atoms with Crippen molar-refractivity contribution < 1.29 is 0 Å². The molecule has 2 heterocycles. The molecule has 0 saturated carbocycles. The fourth-order valence-corrected chi connectivity index (χ4v) is 3.30. The van der Waals surface area contributed by atoms with Crippen LogP contribution in [0, 0.1) is 11.3 Å². The first-order valence-corrected chi connectivity index (χ1v) is 8.45. The van der Waals surface area contributed by atoms with Crippen LogP contribution in [0.25, 0.3) is 0 Å². The normalized spacial score (nSPS) is 18.5. The Hall–Kier alpha value is -2.67. The lowest BCUT2D eigenvalue weighted by atomic mass is 10.1. The van der Waals surface area contributed by atoms with Gasteiger partial charge in [-0.25, -0.2) is 0 Å². The highest BCUT2D eigenvalue weighted by atomic mass is 15.4. The Morgan fingerprint density at radius 2 is 1.83 bits per heavy atom. The van der Waals surface area contributed by atoms with E-state index in [0.29, 0.717) is 6.54 Å². The number of hydrogen-bond acceptors (Lipinski definition) is 4. The summed E-state index contributed by atoms with van der Waals surface area (Å²) in [5.74, 6) is 2.05. The van der Waals surface area contributed by atoms with E-state index in [4.69, 9.17) is 0 Å². The fraction of sp³-hybridized carbons (Fsp3) is 0.350. The van der Waals surface area contributed by atoms with Crippen LogP contribution in [0.1, 0.15) is 30.4 Å². The topological polar surface area (TPSA) is 33.5 Å². The lowest BCUT2D eigenvalue weighted by molar-refractivity contribution is 0.171. The summed E-state index contributed by atoms with van der Waals surface area (Å²) < 4.78 is 0. The predicted molar refractivity (Wildman–Crippen MR) is 96.3 cm³/mol. The number of likely N-dealkylation sites (N-methyl/N-ethyl adjacent to an activating group) is 1. The molecule has 0 aliphatic carbocycles. The van der Waals surface area contributed by atoms with Gasteiger partial charge in [-0.05, 0) is 30.9 Å². The van der Waals surface area contributed by atoms with Gasteiger partial charge in [0.2, 0.25) is 0 Å². The molecule has 124 valence electrons. The minimum Gasteiger partial charge on any atom is -0.358 e.